The number of sulfonamides is 1. The lowest BCUT2D eigenvalue weighted by Gasteiger charge is -2.24. The van der Waals surface area contributed by atoms with E-state index in [-0.39, 0.29) is 22.9 Å². The smallest absolute Gasteiger partial charge is 0.326 e. The number of nitrogens with zero attached hydrogens (tertiary/aromatic N) is 1. The summed E-state index contributed by atoms with van der Waals surface area (Å²) in [7, 11) is -1.23. The van der Waals surface area contributed by atoms with Gasteiger partial charge < -0.3 is 14.2 Å². The zero-order valence-electron chi connectivity index (χ0n) is 15.1. The van der Waals surface area contributed by atoms with Gasteiger partial charge >= 0.3 is 5.97 Å². The van der Waals surface area contributed by atoms with Gasteiger partial charge in [-0.05, 0) is 43.3 Å². The zero-order chi connectivity index (χ0) is 20.0. The highest BCUT2D eigenvalue weighted by atomic mass is 35.5. The maximum atomic E-state index is 13.2. The molecule has 0 saturated carbocycles. The van der Waals surface area contributed by atoms with Gasteiger partial charge in [0.05, 0.1) is 31.4 Å². The monoisotopic (exact) mass is 413 g/mol. The number of carbonyl (C=O) groups is 1. The molecule has 0 N–H and O–H groups in total. The largest absolute Gasteiger partial charge is 0.493 e. The number of halogens is 1. The number of rotatable bonds is 8. The second kappa shape index (κ2) is 8.96. The van der Waals surface area contributed by atoms with Gasteiger partial charge in [0.1, 0.15) is 6.54 Å². The van der Waals surface area contributed by atoms with Gasteiger partial charge in [0.15, 0.2) is 11.5 Å². The summed E-state index contributed by atoms with van der Waals surface area (Å²) in [6, 6.07) is 10.3. The molecule has 2 aromatic carbocycles. The molecule has 0 heterocycles. The molecule has 0 aliphatic heterocycles. The van der Waals surface area contributed by atoms with Gasteiger partial charge in [-0.25, -0.2) is 8.42 Å². The quantitative estimate of drug-likeness (QED) is 0.618. The Balaban J connectivity index is 2.52. The summed E-state index contributed by atoms with van der Waals surface area (Å²) >= 11 is 5.89. The lowest BCUT2D eigenvalue weighted by atomic mass is 10.3. The number of anilines is 1. The molecule has 0 radical (unpaired) electrons. The van der Waals surface area contributed by atoms with Crippen molar-refractivity contribution in [1.29, 1.82) is 0 Å². The lowest BCUT2D eigenvalue weighted by molar-refractivity contribution is -0.141. The highest BCUT2D eigenvalue weighted by Gasteiger charge is 2.28. The van der Waals surface area contributed by atoms with Gasteiger partial charge in [0.25, 0.3) is 10.0 Å². The molecule has 2 rings (SSSR count). The minimum absolute atomic E-state index is 0.0561. The normalized spacial score (nSPS) is 11.0. The van der Waals surface area contributed by atoms with Crippen LogP contribution in [-0.2, 0) is 19.6 Å². The average Bonchev–Trinajstić information content (AvgIpc) is 2.66. The van der Waals surface area contributed by atoms with Crippen molar-refractivity contribution in [3.8, 4) is 11.5 Å². The number of hydrogen-bond donors (Lipinski definition) is 0. The fourth-order valence-corrected chi connectivity index (χ4v) is 3.90. The van der Waals surface area contributed by atoms with Crippen LogP contribution >= 0.6 is 11.6 Å². The van der Waals surface area contributed by atoms with E-state index in [1.165, 1.54) is 44.6 Å². The Bertz CT molecular complexity index is 899. The predicted octanol–water partition coefficient (Wildman–Crippen LogP) is 3.12. The van der Waals surface area contributed by atoms with Gasteiger partial charge in [-0.3, -0.25) is 9.10 Å². The Kier molecular flexibility index (Phi) is 6.92. The number of benzene rings is 2. The summed E-state index contributed by atoms with van der Waals surface area (Å²) in [5.41, 5.74) is 0.280. The van der Waals surface area contributed by atoms with Gasteiger partial charge in [-0.2, -0.15) is 0 Å². The summed E-state index contributed by atoms with van der Waals surface area (Å²) in [5, 5.41) is 0.443. The van der Waals surface area contributed by atoms with E-state index in [0.29, 0.717) is 10.8 Å². The molecule has 0 bridgehead atoms. The third-order valence-electron chi connectivity index (χ3n) is 3.64. The van der Waals surface area contributed by atoms with Crippen LogP contribution in [0.3, 0.4) is 0 Å². The van der Waals surface area contributed by atoms with E-state index < -0.39 is 22.5 Å². The minimum Gasteiger partial charge on any atom is -0.493 e. The van der Waals surface area contributed by atoms with Gasteiger partial charge in [0.2, 0.25) is 0 Å². The van der Waals surface area contributed by atoms with Crippen LogP contribution in [0.2, 0.25) is 5.02 Å². The van der Waals surface area contributed by atoms with Crippen molar-refractivity contribution < 1.29 is 27.4 Å². The Hall–Kier alpha value is -2.45. The predicted molar refractivity (Wildman–Crippen MR) is 102 cm³/mol. The molecule has 0 saturated heterocycles. The standard InChI is InChI=1S/C18H20ClNO6S/c1-4-26-18(21)12-20(14-7-5-13(19)6-8-14)27(22,23)15-9-10-16(24-2)17(11-15)25-3/h5-11H,4,12H2,1-3H3. The molecule has 0 amide bonds. The fraction of sp³-hybridized carbons (Fsp3) is 0.278. The maximum absolute atomic E-state index is 13.2. The summed E-state index contributed by atoms with van der Waals surface area (Å²) in [6.07, 6.45) is 0. The Labute approximate surface area is 163 Å². The molecular weight excluding hydrogens is 394 g/mol. The van der Waals surface area contributed by atoms with Crippen molar-refractivity contribution in [2.24, 2.45) is 0 Å². The van der Waals surface area contributed by atoms with Crippen LogP contribution in [0, 0.1) is 0 Å². The summed E-state index contributed by atoms with van der Waals surface area (Å²) in [6.45, 7) is 1.31. The first-order chi connectivity index (χ1) is 12.8. The molecule has 27 heavy (non-hydrogen) atoms. The fourth-order valence-electron chi connectivity index (χ4n) is 2.35. The highest BCUT2D eigenvalue weighted by molar-refractivity contribution is 7.92. The summed E-state index contributed by atoms with van der Waals surface area (Å²) < 4.78 is 42.6. The number of ether oxygens (including phenoxy) is 3. The molecule has 0 atom stereocenters. The van der Waals surface area contributed by atoms with Crippen molar-refractivity contribution in [2.75, 3.05) is 31.7 Å². The van der Waals surface area contributed by atoms with Crippen molar-refractivity contribution >= 4 is 33.3 Å². The van der Waals surface area contributed by atoms with Gasteiger partial charge in [-0.1, -0.05) is 11.6 Å². The Morgan fingerprint density at radius 2 is 1.67 bits per heavy atom. The number of methoxy groups -OCH3 is 2. The van der Waals surface area contributed by atoms with Crippen LogP contribution < -0.4 is 13.8 Å². The van der Waals surface area contributed by atoms with E-state index in [1.807, 2.05) is 0 Å². The highest BCUT2D eigenvalue weighted by Crippen LogP contribution is 2.32. The maximum Gasteiger partial charge on any atom is 0.326 e. The Morgan fingerprint density at radius 3 is 2.22 bits per heavy atom. The van der Waals surface area contributed by atoms with Crippen LogP contribution in [0.25, 0.3) is 0 Å². The number of hydrogen-bond acceptors (Lipinski definition) is 6. The van der Waals surface area contributed by atoms with E-state index in [4.69, 9.17) is 25.8 Å². The third kappa shape index (κ3) is 4.84. The van der Waals surface area contributed by atoms with Crippen LogP contribution in [0.15, 0.2) is 47.4 Å². The molecule has 2 aromatic rings. The molecule has 146 valence electrons. The van der Waals surface area contributed by atoms with Crippen molar-refractivity contribution in [1.82, 2.24) is 0 Å². The third-order valence-corrected chi connectivity index (χ3v) is 5.66. The first-order valence-corrected chi connectivity index (χ1v) is 9.81. The number of esters is 1. The van der Waals surface area contributed by atoms with Crippen LogP contribution in [-0.4, -0.2) is 41.8 Å². The molecule has 0 aliphatic carbocycles. The molecule has 7 nitrogen and oxygen atoms in total. The average molecular weight is 414 g/mol. The zero-order valence-corrected chi connectivity index (χ0v) is 16.7. The van der Waals surface area contributed by atoms with E-state index in [0.717, 1.165) is 4.31 Å². The van der Waals surface area contributed by atoms with Crippen molar-refractivity contribution in [2.45, 2.75) is 11.8 Å². The van der Waals surface area contributed by atoms with E-state index >= 15 is 0 Å². The molecule has 9 heteroatoms. The van der Waals surface area contributed by atoms with Crippen molar-refractivity contribution in [3.63, 3.8) is 0 Å². The first-order valence-electron chi connectivity index (χ1n) is 7.99. The summed E-state index contributed by atoms with van der Waals surface area (Å²) in [4.78, 5) is 11.9. The first kappa shape index (κ1) is 20.9. The topological polar surface area (TPSA) is 82.1 Å². The van der Waals surface area contributed by atoms with Crippen molar-refractivity contribution in [3.05, 3.63) is 47.5 Å². The van der Waals surface area contributed by atoms with Crippen LogP contribution in [0.4, 0.5) is 5.69 Å². The lowest BCUT2D eigenvalue weighted by Crippen LogP contribution is -2.36. The Morgan fingerprint density at radius 1 is 1.04 bits per heavy atom. The SMILES string of the molecule is CCOC(=O)CN(c1ccc(Cl)cc1)S(=O)(=O)c1ccc(OC)c(OC)c1. The van der Waals surface area contributed by atoms with E-state index in [2.05, 4.69) is 0 Å². The molecule has 0 aliphatic rings. The molecule has 0 aromatic heterocycles. The van der Waals surface area contributed by atoms with Gasteiger partial charge in [0, 0.05) is 11.1 Å². The molecule has 0 unspecified atom stereocenters. The summed E-state index contributed by atoms with van der Waals surface area (Å²) in [5.74, 6) is -0.0258. The minimum atomic E-state index is -4.08. The second-order valence-corrected chi connectivity index (χ2v) is 7.61. The number of carbonyl (C=O) groups excluding carboxylic acids is 1. The molecule has 0 spiro atoms. The van der Waals surface area contributed by atoms with Gasteiger partial charge in [-0.15, -0.1) is 0 Å². The second-order valence-electron chi connectivity index (χ2n) is 5.31. The molecular formula is C18H20ClNO6S. The van der Waals surface area contributed by atoms with Crippen LogP contribution in [0.1, 0.15) is 6.92 Å². The molecule has 0 fully saturated rings. The van der Waals surface area contributed by atoms with Crippen LogP contribution in [0.5, 0.6) is 11.5 Å². The van der Waals surface area contributed by atoms with E-state index in [9.17, 15) is 13.2 Å². The van der Waals surface area contributed by atoms with E-state index in [1.54, 1.807) is 19.1 Å².